The summed E-state index contributed by atoms with van der Waals surface area (Å²) in [6, 6.07) is 2.91. The molecule has 0 aliphatic carbocycles. The lowest BCUT2D eigenvalue weighted by molar-refractivity contribution is -0.138. The summed E-state index contributed by atoms with van der Waals surface area (Å²) < 4.78 is 61.4. The summed E-state index contributed by atoms with van der Waals surface area (Å²) >= 11 is -1.37. The zero-order chi connectivity index (χ0) is 11.6. The van der Waals surface area contributed by atoms with Crippen LogP contribution in [0.15, 0.2) is 18.2 Å². The molecule has 15 heavy (non-hydrogen) atoms. The summed E-state index contributed by atoms with van der Waals surface area (Å²) in [7, 11) is 0. The van der Waals surface area contributed by atoms with Gasteiger partial charge < -0.3 is 8.74 Å². The minimum absolute atomic E-state index is 0.0240. The third kappa shape index (κ3) is 3.61. The van der Waals surface area contributed by atoms with Crippen molar-refractivity contribution in [3.63, 3.8) is 0 Å². The summed E-state index contributed by atoms with van der Waals surface area (Å²) in [4.78, 5) is 0. The molecule has 0 aromatic heterocycles. The van der Waals surface area contributed by atoms with Crippen molar-refractivity contribution in [2.75, 3.05) is 0 Å². The standard InChI is InChI=1S/C7H4F3IO3S/c8-7(9,10)5-3-4(14-15(12)13)1-2-6(5)11/h1-3H,(H,12,13)/p-1. The van der Waals surface area contributed by atoms with Gasteiger partial charge in [0.05, 0.1) is 5.56 Å². The van der Waals surface area contributed by atoms with E-state index in [2.05, 4.69) is 4.18 Å². The topological polar surface area (TPSA) is 49.4 Å². The fraction of sp³-hybridized carbons (Fsp3) is 0.143. The number of benzene rings is 1. The quantitative estimate of drug-likeness (QED) is 0.608. The highest BCUT2D eigenvalue weighted by Crippen LogP contribution is 2.35. The maximum atomic E-state index is 12.4. The molecule has 0 heterocycles. The fourth-order valence-electron chi connectivity index (χ4n) is 0.852. The van der Waals surface area contributed by atoms with Gasteiger partial charge in [0.15, 0.2) is 0 Å². The van der Waals surface area contributed by atoms with Crippen LogP contribution in [0.4, 0.5) is 13.2 Å². The van der Waals surface area contributed by atoms with E-state index in [1.807, 2.05) is 0 Å². The first-order valence-corrected chi connectivity index (χ1v) is 5.53. The molecule has 0 fully saturated rings. The zero-order valence-corrected chi connectivity index (χ0v) is 9.85. The first-order chi connectivity index (χ1) is 6.80. The Bertz CT molecular complexity index is 394. The molecule has 1 atom stereocenters. The van der Waals surface area contributed by atoms with Crippen LogP contribution in [-0.2, 0) is 17.5 Å². The molecule has 0 aliphatic heterocycles. The minimum Gasteiger partial charge on any atom is -0.740 e. The maximum Gasteiger partial charge on any atom is 0.417 e. The van der Waals surface area contributed by atoms with Gasteiger partial charge in [-0.1, -0.05) is 0 Å². The summed E-state index contributed by atoms with van der Waals surface area (Å²) in [5, 5.41) is 0. The monoisotopic (exact) mass is 351 g/mol. The van der Waals surface area contributed by atoms with Crippen molar-refractivity contribution in [1.29, 1.82) is 0 Å². The molecule has 1 aromatic rings. The van der Waals surface area contributed by atoms with Gasteiger partial charge in [-0.2, -0.15) is 13.2 Å². The van der Waals surface area contributed by atoms with Gasteiger partial charge in [0, 0.05) is 3.57 Å². The molecule has 84 valence electrons. The highest BCUT2D eigenvalue weighted by molar-refractivity contribution is 14.1. The number of alkyl halides is 3. The minimum atomic E-state index is -4.53. The van der Waals surface area contributed by atoms with Crippen molar-refractivity contribution in [1.82, 2.24) is 0 Å². The van der Waals surface area contributed by atoms with Gasteiger partial charge in [0.25, 0.3) is 0 Å². The molecule has 0 spiro atoms. The second-order valence-electron chi connectivity index (χ2n) is 2.43. The van der Waals surface area contributed by atoms with Crippen LogP contribution in [-0.4, -0.2) is 8.76 Å². The molecule has 0 radical (unpaired) electrons. The molecule has 8 heteroatoms. The molecule has 0 saturated carbocycles. The van der Waals surface area contributed by atoms with Gasteiger partial charge in [0.2, 0.25) is 0 Å². The average molecular weight is 351 g/mol. The molecule has 3 nitrogen and oxygen atoms in total. The molecular formula is C7H3F3IO3S-. The lowest BCUT2D eigenvalue weighted by atomic mass is 10.2. The average Bonchev–Trinajstić information content (AvgIpc) is 2.05. The van der Waals surface area contributed by atoms with E-state index in [1.165, 1.54) is 22.6 Å². The molecular weight excluding hydrogens is 348 g/mol. The van der Waals surface area contributed by atoms with Crippen molar-refractivity contribution >= 4 is 34.0 Å². The van der Waals surface area contributed by atoms with Crippen molar-refractivity contribution in [3.05, 3.63) is 27.3 Å². The number of rotatable bonds is 2. The van der Waals surface area contributed by atoms with E-state index in [4.69, 9.17) is 0 Å². The Kier molecular flexibility index (Phi) is 3.95. The normalized spacial score (nSPS) is 13.7. The van der Waals surface area contributed by atoms with Gasteiger partial charge in [-0.25, -0.2) is 4.21 Å². The Morgan fingerprint density at radius 1 is 1.40 bits per heavy atom. The van der Waals surface area contributed by atoms with Crippen molar-refractivity contribution in [2.24, 2.45) is 0 Å². The van der Waals surface area contributed by atoms with Crippen molar-refractivity contribution < 1.29 is 26.1 Å². The molecule has 1 aromatic carbocycles. The van der Waals surface area contributed by atoms with E-state index in [-0.39, 0.29) is 9.32 Å². The molecule has 1 rings (SSSR count). The molecule has 0 bridgehead atoms. The smallest absolute Gasteiger partial charge is 0.417 e. The van der Waals surface area contributed by atoms with Crippen molar-refractivity contribution in [2.45, 2.75) is 6.18 Å². The van der Waals surface area contributed by atoms with Gasteiger partial charge in [-0.3, -0.25) is 0 Å². The summed E-state index contributed by atoms with van der Waals surface area (Å²) in [6.07, 6.45) is -4.53. The number of hydrogen-bond donors (Lipinski definition) is 0. The fourth-order valence-corrected chi connectivity index (χ4v) is 1.75. The van der Waals surface area contributed by atoms with Crippen LogP contribution in [0.2, 0.25) is 0 Å². The number of hydrogen-bond acceptors (Lipinski definition) is 3. The largest absolute Gasteiger partial charge is 0.740 e. The van der Waals surface area contributed by atoms with Crippen molar-refractivity contribution in [3.8, 4) is 5.75 Å². The van der Waals surface area contributed by atoms with Crippen LogP contribution < -0.4 is 4.18 Å². The van der Waals surface area contributed by atoms with E-state index in [1.54, 1.807) is 0 Å². The van der Waals surface area contributed by atoms with Crippen LogP contribution in [0.3, 0.4) is 0 Å². The summed E-state index contributed by atoms with van der Waals surface area (Å²) in [5.74, 6) is -0.365. The SMILES string of the molecule is O=S([O-])Oc1ccc(I)c(C(F)(F)F)c1. The predicted octanol–water partition coefficient (Wildman–Crippen LogP) is 2.48. The Balaban J connectivity index is 3.11. The molecule has 0 aliphatic rings. The highest BCUT2D eigenvalue weighted by atomic mass is 127. The Labute approximate surface area is 99.3 Å². The third-order valence-corrected chi connectivity index (χ3v) is 2.68. The summed E-state index contributed by atoms with van der Waals surface area (Å²) in [5.41, 5.74) is -0.925. The van der Waals surface area contributed by atoms with Crippen LogP contribution in [0, 0.1) is 3.57 Å². The van der Waals surface area contributed by atoms with Crippen LogP contribution >= 0.6 is 22.6 Å². The van der Waals surface area contributed by atoms with E-state index in [0.717, 1.165) is 12.1 Å². The molecule has 0 N–H and O–H groups in total. The second kappa shape index (κ2) is 4.66. The maximum absolute atomic E-state index is 12.4. The van der Waals surface area contributed by atoms with Crippen LogP contribution in [0.25, 0.3) is 0 Å². The lowest BCUT2D eigenvalue weighted by Gasteiger charge is -2.12. The lowest BCUT2D eigenvalue weighted by Crippen LogP contribution is -2.08. The first-order valence-electron chi connectivity index (χ1n) is 3.45. The zero-order valence-electron chi connectivity index (χ0n) is 6.88. The van der Waals surface area contributed by atoms with E-state index >= 15 is 0 Å². The van der Waals surface area contributed by atoms with Gasteiger partial charge in [-0.15, -0.1) is 0 Å². The molecule has 1 unspecified atom stereocenters. The van der Waals surface area contributed by atoms with Gasteiger partial charge in [0.1, 0.15) is 17.1 Å². The van der Waals surface area contributed by atoms with E-state index < -0.39 is 23.1 Å². The molecule has 0 amide bonds. The summed E-state index contributed by atoms with van der Waals surface area (Å²) in [6.45, 7) is 0. The predicted molar refractivity (Wildman–Crippen MR) is 53.7 cm³/mol. The van der Waals surface area contributed by atoms with Gasteiger partial charge >= 0.3 is 6.18 Å². The highest BCUT2D eigenvalue weighted by Gasteiger charge is 2.33. The second-order valence-corrected chi connectivity index (χ2v) is 4.16. The van der Waals surface area contributed by atoms with Gasteiger partial charge in [-0.05, 0) is 40.8 Å². The Hall–Kier alpha value is -0.350. The third-order valence-electron chi connectivity index (χ3n) is 1.41. The Morgan fingerprint density at radius 3 is 2.47 bits per heavy atom. The molecule has 0 saturated heterocycles. The Morgan fingerprint density at radius 2 is 2.00 bits per heavy atom. The first kappa shape index (κ1) is 12.7. The van der Waals surface area contributed by atoms with Crippen LogP contribution in [0.5, 0.6) is 5.75 Å². The van der Waals surface area contributed by atoms with E-state index in [0.29, 0.717) is 6.07 Å². The van der Waals surface area contributed by atoms with E-state index in [9.17, 15) is 21.9 Å². The number of halogens is 4. The van der Waals surface area contributed by atoms with Crippen LogP contribution in [0.1, 0.15) is 5.56 Å².